The molecule has 0 spiro atoms. The van der Waals surface area contributed by atoms with Crippen LogP contribution >= 0.6 is 23.2 Å². The Kier molecular flexibility index (Phi) is 6.06. The molecule has 1 amide bonds. The number of amides is 1. The van der Waals surface area contributed by atoms with Crippen LogP contribution in [0.3, 0.4) is 0 Å². The summed E-state index contributed by atoms with van der Waals surface area (Å²) in [6.07, 6.45) is 0. The fourth-order valence-electron chi connectivity index (χ4n) is 2.07. The minimum absolute atomic E-state index is 0.0245. The lowest BCUT2D eigenvalue weighted by molar-refractivity contribution is -0.124. The molecule has 0 fully saturated rings. The lowest BCUT2D eigenvalue weighted by Crippen LogP contribution is -2.31. The summed E-state index contributed by atoms with van der Waals surface area (Å²) in [6.45, 7) is 1.41. The van der Waals surface area contributed by atoms with Gasteiger partial charge in [0.05, 0.1) is 22.3 Å². The third kappa shape index (κ3) is 4.63. The number of anilines is 1. The Bertz CT molecular complexity index is 751. The number of rotatable bonds is 5. The van der Waals surface area contributed by atoms with Crippen molar-refractivity contribution in [1.29, 1.82) is 0 Å². The Morgan fingerprint density at radius 2 is 1.88 bits per heavy atom. The van der Waals surface area contributed by atoms with Gasteiger partial charge in [0.2, 0.25) is 0 Å². The number of esters is 1. The monoisotopic (exact) mass is 366 g/mol. The van der Waals surface area contributed by atoms with Crippen LogP contribution in [-0.2, 0) is 9.53 Å². The summed E-state index contributed by atoms with van der Waals surface area (Å²) in [6, 6.07) is 12.0. The normalized spacial score (nSPS) is 11.6. The first kappa shape index (κ1) is 18.1. The van der Waals surface area contributed by atoms with Crippen molar-refractivity contribution in [3.63, 3.8) is 0 Å². The minimum Gasteiger partial charge on any atom is -0.452 e. The molecule has 0 unspecified atom stereocenters. The molecule has 0 saturated heterocycles. The van der Waals surface area contributed by atoms with Crippen LogP contribution in [-0.4, -0.2) is 18.5 Å². The Labute approximate surface area is 149 Å². The maximum Gasteiger partial charge on any atom is 0.340 e. The maximum atomic E-state index is 12.0. The molecule has 0 radical (unpaired) electrons. The predicted octanol–water partition coefficient (Wildman–Crippen LogP) is 3.61. The SMILES string of the molecule is C[C@H](NC(=O)COC(=O)c1cc(Cl)cc(Cl)c1N)c1ccccc1. The van der Waals surface area contributed by atoms with Gasteiger partial charge >= 0.3 is 5.97 Å². The van der Waals surface area contributed by atoms with E-state index in [9.17, 15) is 9.59 Å². The summed E-state index contributed by atoms with van der Waals surface area (Å²) < 4.78 is 4.97. The number of ether oxygens (including phenoxy) is 1. The van der Waals surface area contributed by atoms with E-state index in [0.29, 0.717) is 0 Å². The molecule has 7 heteroatoms. The van der Waals surface area contributed by atoms with Gasteiger partial charge in [0, 0.05) is 5.02 Å². The van der Waals surface area contributed by atoms with Crippen molar-refractivity contribution < 1.29 is 14.3 Å². The van der Waals surface area contributed by atoms with E-state index in [-0.39, 0.29) is 27.3 Å². The van der Waals surface area contributed by atoms with E-state index in [1.54, 1.807) is 0 Å². The van der Waals surface area contributed by atoms with Crippen LogP contribution in [0.1, 0.15) is 28.9 Å². The predicted molar refractivity (Wildman–Crippen MR) is 94.2 cm³/mol. The number of hydrogen-bond acceptors (Lipinski definition) is 4. The number of nitrogens with one attached hydrogen (secondary N) is 1. The van der Waals surface area contributed by atoms with E-state index < -0.39 is 18.5 Å². The highest BCUT2D eigenvalue weighted by molar-refractivity contribution is 6.37. The molecule has 2 aromatic rings. The zero-order chi connectivity index (χ0) is 17.7. The Morgan fingerprint density at radius 1 is 1.21 bits per heavy atom. The second-order valence-corrected chi connectivity index (χ2v) is 5.97. The van der Waals surface area contributed by atoms with Crippen LogP contribution in [0.25, 0.3) is 0 Å². The molecule has 2 rings (SSSR count). The van der Waals surface area contributed by atoms with Gasteiger partial charge in [-0.2, -0.15) is 0 Å². The van der Waals surface area contributed by atoms with Crippen molar-refractivity contribution in [2.24, 2.45) is 0 Å². The van der Waals surface area contributed by atoms with Crippen LogP contribution in [0.4, 0.5) is 5.69 Å². The number of benzene rings is 2. The first-order valence-corrected chi connectivity index (χ1v) is 7.90. The number of nitrogens with two attached hydrogens (primary N) is 1. The summed E-state index contributed by atoms with van der Waals surface area (Å²) in [4.78, 5) is 23.9. The number of halogens is 2. The number of carbonyl (C=O) groups is 2. The van der Waals surface area contributed by atoms with E-state index in [2.05, 4.69) is 5.32 Å². The fourth-order valence-corrected chi connectivity index (χ4v) is 2.56. The van der Waals surface area contributed by atoms with E-state index in [0.717, 1.165) is 5.56 Å². The smallest absolute Gasteiger partial charge is 0.340 e. The summed E-state index contributed by atoms with van der Waals surface area (Å²) in [5.74, 6) is -1.19. The lowest BCUT2D eigenvalue weighted by atomic mass is 10.1. The molecule has 0 bridgehead atoms. The summed E-state index contributed by atoms with van der Waals surface area (Å²) >= 11 is 11.7. The van der Waals surface area contributed by atoms with Crippen molar-refractivity contribution in [2.45, 2.75) is 13.0 Å². The van der Waals surface area contributed by atoms with Crippen molar-refractivity contribution >= 4 is 40.8 Å². The molecule has 5 nitrogen and oxygen atoms in total. The highest BCUT2D eigenvalue weighted by Crippen LogP contribution is 2.28. The maximum absolute atomic E-state index is 12.0. The Balaban J connectivity index is 1.93. The topological polar surface area (TPSA) is 81.4 Å². The molecular weight excluding hydrogens is 351 g/mol. The third-order valence-electron chi connectivity index (χ3n) is 3.33. The van der Waals surface area contributed by atoms with Gasteiger partial charge in [-0.3, -0.25) is 4.79 Å². The van der Waals surface area contributed by atoms with E-state index in [1.165, 1.54) is 12.1 Å². The van der Waals surface area contributed by atoms with Crippen LogP contribution in [0.15, 0.2) is 42.5 Å². The van der Waals surface area contributed by atoms with Crippen molar-refractivity contribution in [1.82, 2.24) is 5.32 Å². The molecule has 126 valence electrons. The molecule has 0 aliphatic carbocycles. The van der Waals surface area contributed by atoms with Gasteiger partial charge in [0.1, 0.15) is 0 Å². The van der Waals surface area contributed by atoms with Gasteiger partial charge in [-0.15, -0.1) is 0 Å². The Morgan fingerprint density at radius 3 is 2.54 bits per heavy atom. The molecule has 24 heavy (non-hydrogen) atoms. The first-order valence-electron chi connectivity index (χ1n) is 7.14. The standard InChI is InChI=1S/C17H16Cl2N2O3/c1-10(11-5-3-2-4-6-11)21-15(22)9-24-17(23)13-7-12(18)8-14(19)16(13)20/h2-8,10H,9,20H2,1H3,(H,21,22)/t10-/m0/s1. The second-order valence-electron chi connectivity index (χ2n) is 5.12. The largest absolute Gasteiger partial charge is 0.452 e. The molecule has 3 N–H and O–H groups in total. The Hall–Kier alpha value is -2.24. The molecule has 0 heterocycles. The van der Waals surface area contributed by atoms with Crippen molar-refractivity contribution in [3.05, 3.63) is 63.6 Å². The van der Waals surface area contributed by atoms with Gasteiger partial charge in [-0.1, -0.05) is 53.5 Å². The molecular formula is C17H16Cl2N2O3. The average molecular weight is 367 g/mol. The zero-order valence-corrected chi connectivity index (χ0v) is 14.4. The van der Waals surface area contributed by atoms with Crippen molar-refractivity contribution in [2.75, 3.05) is 12.3 Å². The van der Waals surface area contributed by atoms with Crippen LogP contribution in [0, 0.1) is 0 Å². The summed E-state index contributed by atoms with van der Waals surface area (Å²) in [5, 5.41) is 3.14. The van der Waals surface area contributed by atoms with E-state index in [4.69, 9.17) is 33.7 Å². The minimum atomic E-state index is -0.764. The van der Waals surface area contributed by atoms with Gasteiger partial charge in [-0.25, -0.2) is 4.79 Å². The van der Waals surface area contributed by atoms with Gasteiger partial charge in [0.15, 0.2) is 6.61 Å². The van der Waals surface area contributed by atoms with Gasteiger partial charge in [0.25, 0.3) is 5.91 Å². The highest BCUT2D eigenvalue weighted by Gasteiger charge is 2.17. The first-order chi connectivity index (χ1) is 11.4. The molecule has 2 aromatic carbocycles. The quantitative estimate of drug-likeness (QED) is 0.625. The summed E-state index contributed by atoms with van der Waals surface area (Å²) in [7, 11) is 0. The number of nitrogen functional groups attached to an aromatic ring is 1. The van der Waals surface area contributed by atoms with Crippen LogP contribution in [0.2, 0.25) is 10.0 Å². The highest BCUT2D eigenvalue weighted by atomic mass is 35.5. The molecule has 1 atom stereocenters. The van der Waals surface area contributed by atoms with Gasteiger partial charge in [-0.05, 0) is 24.6 Å². The fraction of sp³-hybridized carbons (Fsp3) is 0.176. The van der Waals surface area contributed by atoms with Crippen LogP contribution < -0.4 is 11.1 Å². The molecule has 0 aliphatic rings. The molecule has 0 saturated carbocycles. The third-order valence-corrected chi connectivity index (χ3v) is 3.86. The van der Waals surface area contributed by atoms with Crippen LogP contribution in [0.5, 0.6) is 0 Å². The lowest BCUT2D eigenvalue weighted by Gasteiger charge is -2.14. The zero-order valence-electron chi connectivity index (χ0n) is 12.9. The molecule has 0 aliphatic heterocycles. The van der Waals surface area contributed by atoms with Gasteiger partial charge < -0.3 is 15.8 Å². The number of hydrogen-bond donors (Lipinski definition) is 2. The summed E-state index contributed by atoms with van der Waals surface area (Å²) in [5.41, 5.74) is 6.75. The molecule has 0 aromatic heterocycles. The average Bonchev–Trinajstić information content (AvgIpc) is 2.56. The van der Waals surface area contributed by atoms with E-state index >= 15 is 0 Å². The van der Waals surface area contributed by atoms with E-state index in [1.807, 2.05) is 37.3 Å². The number of carbonyl (C=O) groups excluding carboxylic acids is 2. The second kappa shape index (κ2) is 8.04. The van der Waals surface area contributed by atoms with Crippen molar-refractivity contribution in [3.8, 4) is 0 Å².